The number of carbonyl (C=O) groups excluding carboxylic acids is 1. The van der Waals surface area contributed by atoms with Gasteiger partial charge in [0.05, 0.1) is 10.6 Å². The van der Waals surface area contributed by atoms with E-state index in [4.69, 9.17) is 0 Å². The zero-order valence-corrected chi connectivity index (χ0v) is 16.7. The molecule has 4 rings (SSSR count). The van der Waals surface area contributed by atoms with Gasteiger partial charge in [0, 0.05) is 23.5 Å². The number of hydrogen-bond acceptors (Lipinski definition) is 6. The van der Waals surface area contributed by atoms with E-state index in [9.17, 15) is 13.2 Å². The molecule has 0 aliphatic carbocycles. The summed E-state index contributed by atoms with van der Waals surface area (Å²) in [4.78, 5) is 20.8. The average molecular weight is 419 g/mol. The van der Waals surface area contributed by atoms with Crippen LogP contribution in [0.15, 0.2) is 84.3 Å². The molecule has 2 aromatic heterocycles. The van der Waals surface area contributed by atoms with Crippen LogP contribution < -0.4 is 4.72 Å². The number of sulfonamides is 1. The summed E-state index contributed by atoms with van der Waals surface area (Å²) >= 11 is 0. The van der Waals surface area contributed by atoms with Gasteiger partial charge in [-0.2, -0.15) is 9.78 Å². The van der Waals surface area contributed by atoms with Crippen molar-refractivity contribution in [1.29, 1.82) is 0 Å². The molecule has 0 aliphatic heterocycles. The van der Waals surface area contributed by atoms with Crippen molar-refractivity contribution < 1.29 is 13.2 Å². The van der Waals surface area contributed by atoms with Crippen LogP contribution in [0, 0.1) is 6.92 Å². The third-order valence-corrected chi connectivity index (χ3v) is 5.72. The third kappa shape index (κ3) is 3.96. The van der Waals surface area contributed by atoms with E-state index in [0.717, 1.165) is 15.8 Å². The van der Waals surface area contributed by atoms with Crippen molar-refractivity contribution >= 4 is 16.1 Å². The quantitative estimate of drug-likeness (QED) is 0.544. The fraction of sp³-hybridized carbons (Fsp3) is 0.0476. The minimum atomic E-state index is -4.04. The highest BCUT2D eigenvalue weighted by Gasteiger charge is 2.22. The molecule has 9 heteroatoms. The predicted octanol–water partition coefficient (Wildman–Crippen LogP) is 3.26. The minimum absolute atomic E-state index is 0.00656. The molecule has 2 aromatic carbocycles. The van der Waals surface area contributed by atoms with Gasteiger partial charge in [0.15, 0.2) is 0 Å². The van der Waals surface area contributed by atoms with E-state index in [-0.39, 0.29) is 4.90 Å². The van der Waals surface area contributed by atoms with Crippen molar-refractivity contribution in [3.05, 3.63) is 84.9 Å². The standard InChI is InChI=1S/C21H17N5O3S/c1-15-7-9-17(10-8-15)30(28,29)25-21(27)26-13-18(19-11-12-22-14-23-19)20(24-26)16-5-3-2-4-6-16/h2-14H,1H3,(H,25,27). The summed E-state index contributed by atoms with van der Waals surface area (Å²) < 4.78 is 28.1. The van der Waals surface area contributed by atoms with Gasteiger partial charge in [-0.05, 0) is 25.1 Å². The minimum Gasteiger partial charge on any atom is -0.245 e. The maximum atomic E-state index is 12.7. The number of amides is 1. The Balaban J connectivity index is 1.71. The molecule has 150 valence electrons. The summed E-state index contributed by atoms with van der Waals surface area (Å²) in [5, 5.41) is 4.33. The maximum absolute atomic E-state index is 12.7. The number of carbonyl (C=O) groups is 1. The molecule has 0 saturated heterocycles. The summed E-state index contributed by atoms with van der Waals surface area (Å²) in [5.41, 5.74) is 3.31. The molecule has 0 unspecified atom stereocenters. The van der Waals surface area contributed by atoms with Crippen molar-refractivity contribution in [2.75, 3.05) is 0 Å². The lowest BCUT2D eigenvalue weighted by atomic mass is 10.1. The zero-order chi connectivity index (χ0) is 21.1. The number of nitrogens with zero attached hydrogens (tertiary/aromatic N) is 4. The van der Waals surface area contributed by atoms with E-state index in [2.05, 4.69) is 19.8 Å². The summed E-state index contributed by atoms with van der Waals surface area (Å²) in [7, 11) is -4.04. The van der Waals surface area contributed by atoms with Crippen LogP contribution >= 0.6 is 0 Å². The van der Waals surface area contributed by atoms with Crippen LogP contribution in [0.2, 0.25) is 0 Å². The largest absolute Gasteiger partial charge is 0.355 e. The molecule has 8 nitrogen and oxygen atoms in total. The predicted molar refractivity (Wildman–Crippen MR) is 111 cm³/mol. The van der Waals surface area contributed by atoms with E-state index < -0.39 is 16.1 Å². The molecule has 30 heavy (non-hydrogen) atoms. The molecule has 0 saturated carbocycles. The summed E-state index contributed by atoms with van der Waals surface area (Å²) in [6.07, 6.45) is 4.42. The first-order valence-electron chi connectivity index (χ1n) is 8.99. The average Bonchev–Trinajstić information content (AvgIpc) is 3.21. The molecule has 4 aromatic rings. The molecule has 2 heterocycles. The summed E-state index contributed by atoms with van der Waals surface area (Å²) in [6, 6.07) is 16.2. The van der Waals surface area contributed by atoms with Crippen molar-refractivity contribution in [3.63, 3.8) is 0 Å². The molecular weight excluding hydrogens is 402 g/mol. The van der Waals surface area contributed by atoms with Gasteiger partial charge in [-0.15, -0.1) is 0 Å². The number of rotatable bonds is 4. The number of hydrogen-bond donors (Lipinski definition) is 1. The van der Waals surface area contributed by atoms with E-state index >= 15 is 0 Å². The Morgan fingerprint density at radius 3 is 2.40 bits per heavy atom. The van der Waals surface area contributed by atoms with Crippen LogP contribution in [0.4, 0.5) is 4.79 Å². The zero-order valence-electron chi connectivity index (χ0n) is 15.9. The van der Waals surface area contributed by atoms with Gasteiger partial charge < -0.3 is 0 Å². The lowest BCUT2D eigenvalue weighted by Gasteiger charge is -2.06. The Morgan fingerprint density at radius 2 is 1.73 bits per heavy atom. The Kier molecular flexibility index (Phi) is 5.11. The van der Waals surface area contributed by atoms with Crippen LogP contribution in [0.5, 0.6) is 0 Å². The Hall–Kier alpha value is -3.85. The number of aryl methyl sites for hydroxylation is 1. The van der Waals surface area contributed by atoms with E-state index in [1.165, 1.54) is 24.7 Å². The van der Waals surface area contributed by atoms with Gasteiger partial charge in [-0.3, -0.25) is 0 Å². The Labute approximate surface area is 173 Å². The summed E-state index contributed by atoms with van der Waals surface area (Å²) in [5.74, 6) is 0. The Bertz CT molecular complexity index is 1230. The van der Waals surface area contributed by atoms with Crippen LogP contribution in [0.1, 0.15) is 5.56 Å². The van der Waals surface area contributed by atoms with Crippen LogP contribution in [-0.2, 0) is 10.0 Å². The molecule has 0 bridgehead atoms. The van der Waals surface area contributed by atoms with Gasteiger partial charge in [-0.1, -0.05) is 48.0 Å². The first-order chi connectivity index (χ1) is 14.4. The molecule has 1 N–H and O–H groups in total. The van der Waals surface area contributed by atoms with Gasteiger partial charge in [0.2, 0.25) is 0 Å². The molecular formula is C21H17N5O3S. The normalized spacial score (nSPS) is 11.2. The first kappa shape index (κ1) is 19.5. The summed E-state index contributed by atoms with van der Waals surface area (Å²) in [6.45, 7) is 1.85. The van der Waals surface area contributed by atoms with Crippen LogP contribution in [0.25, 0.3) is 22.5 Å². The topological polar surface area (TPSA) is 107 Å². The van der Waals surface area contributed by atoms with Crippen molar-refractivity contribution in [1.82, 2.24) is 24.5 Å². The maximum Gasteiger partial charge on any atom is 0.355 e. The monoisotopic (exact) mass is 419 g/mol. The number of benzene rings is 2. The Morgan fingerprint density at radius 1 is 1.00 bits per heavy atom. The van der Waals surface area contributed by atoms with Crippen molar-refractivity contribution in [2.45, 2.75) is 11.8 Å². The van der Waals surface area contributed by atoms with E-state index in [0.29, 0.717) is 17.0 Å². The van der Waals surface area contributed by atoms with Gasteiger partial charge in [0.1, 0.15) is 12.0 Å². The van der Waals surface area contributed by atoms with Gasteiger partial charge >= 0.3 is 6.03 Å². The fourth-order valence-electron chi connectivity index (χ4n) is 2.86. The van der Waals surface area contributed by atoms with Crippen molar-refractivity contribution in [2.24, 2.45) is 0 Å². The van der Waals surface area contributed by atoms with E-state index in [1.807, 2.05) is 37.3 Å². The van der Waals surface area contributed by atoms with Crippen LogP contribution in [-0.4, -0.2) is 34.2 Å². The fourth-order valence-corrected chi connectivity index (χ4v) is 3.80. The molecule has 1 amide bonds. The number of nitrogens with one attached hydrogen (secondary N) is 1. The molecule has 0 atom stereocenters. The SMILES string of the molecule is Cc1ccc(S(=O)(=O)NC(=O)n2cc(-c3ccncn3)c(-c3ccccc3)n2)cc1. The number of aromatic nitrogens is 4. The van der Waals surface area contributed by atoms with Gasteiger partial charge in [0.25, 0.3) is 10.0 Å². The second kappa shape index (κ2) is 7.88. The molecule has 0 spiro atoms. The lowest BCUT2D eigenvalue weighted by molar-refractivity contribution is 0.244. The highest BCUT2D eigenvalue weighted by Crippen LogP contribution is 2.29. The molecule has 0 radical (unpaired) electrons. The van der Waals surface area contributed by atoms with Gasteiger partial charge in [-0.25, -0.2) is 27.9 Å². The smallest absolute Gasteiger partial charge is 0.245 e. The van der Waals surface area contributed by atoms with Crippen molar-refractivity contribution in [3.8, 4) is 22.5 Å². The first-order valence-corrected chi connectivity index (χ1v) is 10.5. The second-order valence-corrected chi connectivity index (χ2v) is 8.20. The highest BCUT2D eigenvalue weighted by molar-refractivity contribution is 7.90. The molecule has 0 fully saturated rings. The van der Waals surface area contributed by atoms with Crippen LogP contribution in [0.3, 0.4) is 0 Å². The highest BCUT2D eigenvalue weighted by atomic mass is 32.2. The third-order valence-electron chi connectivity index (χ3n) is 4.38. The lowest BCUT2D eigenvalue weighted by Crippen LogP contribution is -2.34. The second-order valence-electron chi connectivity index (χ2n) is 6.52. The molecule has 0 aliphatic rings. The van der Waals surface area contributed by atoms with E-state index in [1.54, 1.807) is 24.4 Å².